The summed E-state index contributed by atoms with van der Waals surface area (Å²) in [6.45, 7) is 1.93. The summed E-state index contributed by atoms with van der Waals surface area (Å²) in [4.78, 5) is 13.1. The van der Waals surface area contributed by atoms with Crippen molar-refractivity contribution in [2.75, 3.05) is 52.5 Å². The molecule has 0 spiro atoms. The molecule has 0 aromatic rings. The van der Waals surface area contributed by atoms with E-state index in [9.17, 15) is 18.0 Å². The second-order valence-electron chi connectivity index (χ2n) is 5.02. The van der Waals surface area contributed by atoms with Crippen molar-refractivity contribution in [1.82, 2.24) is 15.5 Å². The zero-order chi connectivity index (χ0) is 15.3. The minimum atomic E-state index is -4.38. The topological polar surface area (TPSA) is 62.8 Å². The summed E-state index contributed by atoms with van der Waals surface area (Å²) in [5, 5.41) is 5.34. The van der Waals surface area contributed by atoms with Gasteiger partial charge >= 0.3 is 6.18 Å². The van der Waals surface area contributed by atoms with E-state index in [1.54, 1.807) is 0 Å². The Hall–Kier alpha value is -0.610. The van der Waals surface area contributed by atoms with Crippen LogP contribution < -0.4 is 10.6 Å². The van der Waals surface area contributed by atoms with E-state index in [2.05, 4.69) is 10.6 Å². The lowest BCUT2D eigenvalue weighted by Crippen LogP contribution is -2.58. The molecule has 10 heteroatoms. The van der Waals surface area contributed by atoms with Crippen LogP contribution in [0.25, 0.3) is 0 Å². The molecule has 2 fully saturated rings. The first-order chi connectivity index (χ1) is 9.98. The van der Waals surface area contributed by atoms with Gasteiger partial charge in [-0.05, 0) is 0 Å². The fourth-order valence-corrected chi connectivity index (χ4v) is 2.40. The zero-order valence-electron chi connectivity index (χ0n) is 12.0. The van der Waals surface area contributed by atoms with Crippen LogP contribution in [0.3, 0.4) is 0 Å². The van der Waals surface area contributed by atoms with Gasteiger partial charge in [-0.25, -0.2) is 0 Å². The maximum Gasteiger partial charge on any atom is 0.405 e. The number of nitrogens with zero attached hydrogens (tertiary/aromatic N) is 1. The minimum Gasteiger partial charge on any atom is -0.376 e. The molecule has 0 aromatic heterocycles. The highest BCUT2D eigenvalue weighted by Crippen LogP contribution is 2.24. The van der Waals surface area contributed by atoms with Crippen LogP contribution in [0.2, 0.25) is 0 Å². The molecule has 2 aliphatic rings. The lowest BCUT2D eigenvalue weighted by Gasteiger charge is -2.36. The summed E-state index contributed by atoms with van der Waals surface area (Å²) in [6, 6.07) is -1.67. The Morgan fingerprint density at radius 1 is 1.32 bits per heavy atom. The molecule has 2 unspecified atom stereocenters. The standard InChI is InChI=1S/C12H20F3N3O3.ClH/c13-12(14,15)10(18-3-1-16-2-4-18)7-17-11(19)9-8-20-5-6-21-9;/h9-10,16H,1-8H2,(H,17,19);1H. The molecule has 2 aliphatic heterocycles. The van der Waals surface area contributed by atoms with Crippen LogP contribution in [0.4, 0.5) is 13.2 Å². The number of carbonyl (C=O) groups is 1. The molecule has 0 bridgehead atoms. The van der Waals surface area contributed by atoms with Crippen LogP contribution in [-0.2, 0) is 14.3 Å². The Labute approximate surface area is 133 Å². The van der Waals surface area contributed by atoms with Crippen molar-refractivity contribution < 1.29 is 27.4 Å². The lowest BCUT2D eigenvalue weighted by atomic mass is 10.2. The van der Waals surface area contributed by atoms with E-state index in [1.807, 2.05) is 0 Å². The Morgan fingerprint density at radius 2 is 2.00 bits per heavy atom. The van der Waals surface area contributed by atoms with Crippen LogP contribution in [0.1, 0.15) is 0 Å². The Balaban J connectivity index is 0.00000242. The van der Waals surface area contributed by atoms with Gasteiger partial charge < -0.3 is 20.1 Å². The van der Waals surface area contributed by atoms with Gasteiger partial charge in [0.15, 0.2) is 6.10 Å². The minimum absolute atomic E-state index is 0. The molecule has 22 heavy (non-hydrogen) atoms. The van der Waals surface area contributed by atoms with E-state index in [4.69, 9.17) is 9.47 Å². The highest BCUT2D eigenvalue weighted by atomic mass is 35.5. The first-order valence-electron chi connectivity index (χ1n) is 6.97. The van der Waals surface area contributed by atoms with Gasteiger partial charge in [0.25, 0.3) is 5.91 Å². The normalized spacial score (nSPS) is 25.1. The van der Waals surface area contributed by atoms with Crippen molar-refractivity contribution in [1.29, 1.82) is 0 Å². The van der Waals surface area contributed by atoms with Crippen molar-refractivity contribution in [3.8, 4) is 0 Å². The number of ether oxygens (including phenoxy) is 2. The zero-order valence-corrected chi connectivity index (χ0v) is 12.8. The summed E-state index contributed by atoms with van der Waals surface area (Å²) in [7, 11) is 0. The smallest absolute Gasteiger partial charge is 0.376 e. The average Bonchev–Trinajstić information content (AvgIpc) is 2.48. The summed E-state index contributed by atoms with van der Waals surface area (Å²) in [6.07, 6.45) is -5.20. The van der Waals surface area contributed by atoms with Gasteiger partial charge in [0.2, 0.25) is 0 Å². The van der Waals surface area contributed by atoms with E-state index in [-0.39, 0.29) is 25.6 Å². The van der Waals surface area contributed by atoms with Crippen molar-refractivity contribution in [3.05, 3.63) is 0 Å². The Morgan fingerprint density at radius 3 is 2.55 bits per heavy atom. The van der Waals surface area contributed by atoms with Crippen molar-refractivity contribution in [3.63, 3.8) is 0 Å². The molecule has 6 nitrogen and oxygen atoms in total. The quantitative estimate of drug-likeness (QED) is 0.736. The molecular weight excluding hydrogens is 327 g/mol. The number of alkyl halides is 3. The van der Waals surface area contributed by atoms with Crippen molar-refractivity contribution >= 4 is 18.3 Å². The van der Waals surface area contributed by atoms with E-state index >= 15 is 0 Å². The molecule has 2 saturated heterocycles. The van der Waals surface area contributed by atoms with Crippen LogP contribution in [0.5, 0.6) is 0 Å². The van der Waals surface area contributed by atoms with Gasteiger partial charge in [0.05, 0.1) is 19.8 Å². The maximum absolute atomic E-state index is 13.1. The SMILES string of the molecule is Cl.O=C(NCC(N1CCNCC1)C(F)(F)F)C1COCCO1. The first-order valence-corrected chi connectivity index (χ1v) is 6.97. The average molecular weight is 348 g/mol. The Bertz CT molecular complexity index is 348. The molecule has 0 aliphatic carbocycles. The summed E-state index contributed by atoms with van der Waals surface area (Å²) in [5.41, 5.74) is 0. The first kappa shape index (κ1) is 19.4. The van der Waals surface area contributed by atoms with E-state index < -0.39 is 30.8 Å². The number of piperazine rings is 1. The Kier molecular flexibility index (Phi) is 7.84. The van der Waals surface area contributed by atoms with Crippen molar-refractivity contribution in [2.24, 2.45) is 0 Å². The number of carbonyl (C=O) groups excluding carboxylic acids is 1. The molecule has 2 atom stereocenters. The van der Waals surface area contributed by atoms with Gasteiger partial charge in [-0.3, -0.25) is 9.69 Å². The van der Waals surface area contributed by atoms with Crippen molar-refractivity contribution in [2.45, 2.75) is 18.3 Å². The second kappa shape index (κ2) is 8.88. The van der Waals surface area contributed by atoms with Gasteiger partial charge in [0, 0.05) is 32.7 Å². The van der Waals surface area contributed by atoms with E-state index in [0.29, 0.717) is 32.8 Å². The number of hydrogen-bond acceptors (Lipinski definition) is 5. The van der Waals surface area contributed by atoms with Gasteiger partial charge in [0.1, 0.15) is 6.04 Å². The van der Waals surface area contributed by atoms with Crippen LogP contribution in [0, 0.1) is 0 Å². The molecule has 130 valence electrons. The van der Waals surface area contributed by atoms with E-state index in [0.717, 1.165) is 0 Å². The third-order valence-electron chi connectivity index (χ3n) is 3.55. The molecule has 0 saturated carbocycles. The monoisotopic (exact) mass is 347 g/mol. The van der Waals surface area contributed by atoms with Gasteiger partial charge in [-0.15, -0.1) is 12.4 Å². The van der Waals surface area contributed by atoms with Crippen LogP contribution in [-0.4, -0.2) is 81.7 Å². The molecule has 2 N–H and O–H groups in total. The van der Waals surface area contributed by atoms with Crippen LogP contribution >= 0.6 is 12.4 Å². The number of halogens is 4. The highest BCUT2D eigenvalue weighted by molar-refractivity contribution is 5.85. The number of rotatable bonds is 4. The largest absolute Gasteiger partial charge is 0.405 e. The number of amides is 1. The molecule has 2 rings (SSSR count). The third kappa shape index (κ3) is 5.54. The molecular formula is C12H21ClF3N3O3. The molecule has 1 amide bonds. The predicted molar refractivity (Wildman–Crippen MR) is 75.1 cm³/mol. The summed E-state index contributed by atoms with van der Waals surface area (Å²) < 4.78 is 49.6. The highest BCUT2D eigenvalue weighted by Gasteiger charge is 2.44. The summed E-state index contributed by atoms with van der Waals surface area (Å²) in [5.74, 6) is -0.556. The van der Waals surface area contributed by atoms with E-state index in [1.165, 1.54) is 4.90 Å². The number of nitrogens with one attached hydrogen (secondary N) is 2. The van der Waals surface area contributed by atoms with Crippen LogP contribution in [0.15, 0.2) is 0 Å². The third-order valence-corrected chi connectivity index (χ3v) is 3.55. The fourth-order valence-electron chi connectivity index (χ4n) is 2.40. The molecule has 2 heterocycles. The predicted octanol–water partition coefficient (Wildman–Crippen LogP) is -0.224. The molecule has 0 aromatic carbocycles. The second-order valence-corrected chi connectivity index (χ2v) is 5.02. The maximum atomic E-state index is 13.1. The number of hydrogen-bond donors (Lipinski definition) is 2. The van der Waals surface area contributed by atoms with Gasteiger partial charge in [-0.1, -0.05) is 0 Å². The lowest BCUT2D eigenvalue weighted by molar-refractivity contribution is -0.184. The summed E-state index contributed by atoms with van der Waals surface area (Å²) >= 11 is 0. The molecule has 0 radical (unpaired) electrons. The van der Waals surface area contributed by atoms with Gasteiger partial charge in [-0.2, -0.15) is 13.2 Å². The fraction of sp³-hybridized carbons (Fsp3) is 0.917.